The second-order valence-electron chi connectivity index (χ2n) is 3.31. The second-order valence-corrected chi connectivity index (χ2v) is 6.95. The molecule has 19 heavy (non-hydrogen) atoms. The summed E-state index contributed by atoms with van der Waals surface area (Å²) in [7, 11) is -3.99. The summed E-state index contributed by atoms with van der Waals surface area (Å²) in [6, 6.07) is 2.19. The average molecular weight is 390 g/mol. The molecule has 0 atom stereocenters. The van der Waals surface area contributed by atoms with E-state index >= 15 is 0 Å². The molecule has 0 bridgehead atoms. The van der Waals surface area contributed by atoms with E-state index in [0.717, 1.165) is 12.1 Å². The number of nitro benzene ring substituents is 1. The minimum atomic E-state index is -3.99. The third kappa shape index (κ3) is 3.90. The van der Waals surface area contributed by atoms with E-state index in [1.165, 1.54) is 0 Å². The summed E-state index contributed by atoms with van der Waals surface area (Å²) in [5.41, 5.74) is -0.649. The molecule has 1 aromatic carbocycles. The lowest BCUT2D eigenvalue weighted by Crippen LogP contribution is -2.25. The maximum Gasteiger partial charge on any atom is 0.307 e. The molecule has 0 fully saturated rings. The Hall–Kier alpha value is -0.670. The van der Waals surface area contributed by atoms with Crippen LogP contribution in [0, 0.1) is 10.1 Å². The van der Waals surface area contributed by atoms with E-state index in [1.54, 1.807) is 0 Å². The van der Waals surface area contributed by atoms with Gasteiger partial charge in [-0.25, -0.2) is 13.1 Å². The summed E-state index contributed by atoms with van der Waals surface area (Å²) < 4.78 is 26.4. The number of nitrogens with one attached hydrogen (secondary N) is 1. The Morgan fingerprint density at radius 3 is 2.53 bits per heavy atom. The smallest absolute Gasteiger partial charge is 0.258 e. The summed E-state index contributed by atoms with van der Waals surface area (Å²) in [4.78, 5) is 9.53. The minimum absolute atomic E-state index is 0.0743. The lowest BCUT2D eigenvalue weighted by molar-refractivity contribution is -0.384. The van der Waals surface area contributed by atoms with Crippen molar-refractivity contribution < 1.29 is 13.3 Å². The molecular formula is C9H7BrCl2N2O4S. The van der Waals surface area contributed by atoms with Crippen molar-refractivity contribution >= 4 is 54.8 Å². The highest BCUT2D eigenvalue weighted by Crippen LogP contribution is 2.36. The first-order valence-corrected chi connectivity index (χ1v) is 7.65. The van der Waals surface area contributed by atoms with Crippen molar-refractivity contribution in [2.24, 2.45) is 0 Å². The third-order valence-corrected chi connectivity index (χ3v) is 4.48. The van der Waals surface area contributed by atoms with E-state index < -0.39 is 30.6 Å². The molecule has 0 aliphatic carbocycles. The van der Waals surface area contributed by atoms with Gasteiger partial charge in [-0.15, -0.1) is 0 Å². The Balaban J connectivity index is 3.33. The van der Waals surface area contributed by atoms with Crippen LogP contribution in [0.1, 0.15) is 0 Å². The Labute approximate surface area is 127 Å². The molecule has 104 valence electrons. The van der Waals surface area contributed by atoms with Crippen molar-refractivity contribution in [3.05, 3.63) is 43.4 Å². The van der Waals surface area contributed by atoms with E-state index in [9.17, 15) is 18.5 Å². The molecule has 0 saturated carbocycles. The fraction of sp³-hybridized carbons (Fsp3) is 0.111. The fourth-order valence-corrected chi connectivity index (χ4v) is 3.39. The topological polar surface area (TPSA) is 89.3 Å². The van der Waals surface area contributed by atoms with Crippen LogP contribution in [0.5, 0.6) is 0 Å². The number of hydrogen-bond acceptors (Lipinski definition) is 4. The first-order valence-electron chi connectivity index (χ1n) is 4.62. The minimum Gasteiger partial charge on any atom is -0.258 e. The molecular weight excluding hydrogens is 383 g/mol. The Kier molecular flexibility index (Phi) is 5.34. The van der Waals surface area contributed by atoms with Crippen LogP contribution in [0.2, 0.25) is 10.0 Å². The number of sulfonamides is 1. The molecule has 0 aliphatic heterocycles. The molecule has 0 spiro atoms. The van der Waals surface area contributed by atoms with Crippen molar-refractivity contribution in [1.82, 2.24) is 4.72 Å². The zero-order valence-electron chi connectivity index (χ0n) is 9.19. The molecule has 1 aromatic rings. The number of halogens is 3. The maximum absolute atomic E-state index is 11.9. The molecule has 1 rings (SSSR count). The first kappa shape index (κ1) is 16.4. The highest BCUT2D eigenvalue weighted by Gasteiger charge is 2.27. The molecule has 0 saturated heterocycles. The van der Waals surface area contributed by atoms with Crippen molar-refractivity contribution in [3.8, 4) is 0 Å². The third-order valence-electron chi connectivity index (χ3n) is 1.96. The van der Waals surface area contributed by atoms with Crippen molar-refractivity contribution in [3.63, 3.8) is 0 Å². The van der Waals surface area contributed by atoms with Crippen LogP contribution in [0.25, 0.3) is 0 Å². The largest absolute Gasteiger partial charge is 0.307 e. The van der Waals surface area contributed by atoms with Gasteiger partial charge in [-0.1, -0.05) is 45.7 Å². The van der Waals surface area contributed by atoms with Gasteiger partial charge in [-0.05, 0) is 12.1 Å². The zero-order valence-corrected chi connectivity index (χ0v) is 13.1. The highest BCUT2D eigenvalue weighted by molar-refractivity contribution is 9.11. The average Bonchev–Trinajstić information content (AvgIpc) is 2.25. The van der Waals surface area contributed by atoms with Crippen LogP contribution in [0.3, 0.4) is 0 Å². The molecule has 0 unspecified atom stereocenters. The molecule has 1 N–H and O–H groups in total. The van der Waals surface area contributed by atoms with Gasteiger partial charge in [0.05, 0.1) is 4.92 Å². The van der Waals surface area contributed by atoms with Crippen molar-refractivity contribution in [2.75, 3.05) is 6.54 Å². The monoisotopic (exact) mass is 388 g/mol. The molecule has 0 aromatic heterocycles. The van der Waals surface area contributed by atoms with E-state index in [-0.39, 0.29) is 11.6 Å². The molecule has 0 radical (unpaired) electrons. The van der Waals surface area contributed by atoms with Crippen LogP contribution in [0.4, 0.5) is 5.69 Å². The van der Waals surface area contributed by atoms with Gasteiger partial charge in [0.2, 0.25) is 10.0 Å². The van der Waals surface area contributed by atoms with E-state index in [4.69, 9.17) is 23.2 Å². The summed E-state index contributed by atoms with van der Waals surface area (Å²) in [6.45, 7) is 3.39. The van der Waals surface area contributed by atoms with Crippen LogP contribution < -0.4 is 4.72 Å². The van der Waals surface area contributed by atoms with Crippen LogP contribution in [0.15, 0.2) is 28.1 Å². The van der Waals surface area contributed by atoms with E-state index in [0.29, 0.717) is 4.48 Å². The zero-order chi connectivity index (χ0) is 14.8. The molecule has 10 heteroatoms. The van der Waals surface area contributed by atoms with Gasteiger partial charge in [0.15, 0.2) is 0 Å². The summed E-state index contributed by atoms with van der Waals surface area (Å²) >= 11 is 14.3. The lowest BCUT2D eigenvalue weighted by Gasteiger charge is -2.08. The van der Waals surface area contributed by atoms with Gasteiger partial charge in [0.25, 0.3) is 0 Å². The van der Waals surface area contributed by atoms with Crippen LogP contribution in [-0.4, -0.2) is 19.9 Å². The Morgan fingerprint density at radius 2 is 2.05 bits per heavy atom. The normalized spacial score (nSPS) is 11.3. The number of benzene rings is 1. The highest BCUT2D eigenvalue weighted by atomic mass is 79.9. The second kappa shape index (κ2) is 6.19. The standard InChI is InChI=1S/C9H7BrCl2N2O4S/c1-5(10)4-13-19(17,18)7-3-2-6(11)9(8(7)12)14(15)16/h2-3,13H,1,4H2. The van der Waals surface area contributed by atoms with E-state index in [2.05, 4.69) is 27.2 Å². The fourth-order valence-electron chi connectivity index (χ4n) is 1.15. The van der Waals surface area contributed by atoms with Gasteiger partial charge >= 0.3 is 5.69 Å². The van der Waals surface area contributed by atoms with Gasteiger partial charge in [0.1, 0.15) is 14.9 Å². The van der Waals surface area contributed by atoms with Gasteiger partial charge in [0, 0.05) is 11.0 Å². The first-order chi connectivity index (χ1) is 8.66. The molecule has 0 aliphatic rings. The summed E-state index contributed by atoms with van der Waals surface area (Å²) in [5.74, 6) is 0. The Bertz CT molecular complexity index is 648. The van der Waals surface area contributed by atoms with E-state index in [1.807, 2.05) is 0 Å². The quantitative estimate of drug-likeness (QED) is 0.618. The van der Waals surface area contributed by atoms with Gasteiger partial charge in [-0.3, -0.25) is 10.1 Å². The summed E-state index contributed by atoms with van der Waals surface area (Å²) in [6.07, 6.45) is 0. The SMILES string of the molecule is C=C(Br)CNS(=O)(=O)c1ccc(Cl)c([N+](=O)[O-])c1Cl. The van der Waals surface area contributed by atoms with Crippen molar-refractivity contribution in [1.29, 1.82) is 0 Å². The van der Waals surface area contributed by atoms with Gasteiger partial charge in [-0.2, -0.15) is 0 Å². The van der Waals surface area contributed by atoms with Gasteiger partial charge < -0.3 is 0 Å². The summed E-state index contributed by atoms with van der Waals surface area (Å²) in [5, 5.41) is 10.0. The lowest BCUT2D eigenvalue weighted by atomic mass is 10.3. The van der Waals surface area contributed by atoms with Crippen molar-refractivity contribution in [2.45, 2.75) is 4.90 Å². The molecule has 0 amide bonds. The van der Waals surface area contributed by atoms with Crippen LogP contribution in [-0.2, 0) is 10.0 Å². The number of hydrogen-bond donors (Lipinski definition) is 1. The number of nitro groups is 1. The van der Waals surface area contributed by atoms with Crippen LogP contribution >= 0.6 is 39.1 Å². The number of rotatable bonds is 5. The molecule has 0 heterocycles. The Morgan fingerprint density at radius 1 is 1.47 bits per heavy atom. The predicted molar refractivity (Wildman–Crippen MR) is 76.4 cm³/mol. The molecule has 6 nitrogen and oxygen atoms in total. The predicted octanol–water partition coefficient (Wildman–Crippen LogP) is 3.09. The number of nitrogens with zero attached hydrogens (tertiary/aromatic N) is 1. The maximum atomic E-state index is 11.9.